The third kappa shape index (κ3) is 2.12. The largest absolute Gasteiger partial charge is 0.507 e. The number of aliphatic hydroxyl groups excluding tert-OH is 1. The number of hydrogen-bond acceptors (Lipinski definition) is 4. The first kappa shape index (κ1) is 13.8. The Morgan fingerprint density at radius 1 is 1.00 bits per heavy atom. The highest BCUT2D eigenvalue weighted by atomic mass is 16.5. The van der Waals surface area contributed by atoms with E-state index in [9.17, 15) is 15.3 Å². The molecule has 0 spiro atoms. The van der Waals surface area contributed by atoms with Crippen molar-refractivity contribution in [1.82, 2.24) is 0 Å². The zero-order chi connectivity index (χ0) is 15.1. The number of benzene rings is 2. The lowest BCUT2D eigenvalue weighted by Gasteiger charge is -2.32. The summed E-state index contributed by atoms with van der Waals surface area (Å²) in [5.41, 5.74) is 2.24. The van der Waals surface area contributed by atoms with Crippen molar-refractivity contribution in [2.45, 2.75) is 32.5 Å². The summed E-state index contributed by atoms with van der Waals surface area (Å²) in [5, 5.41) is 30.6. The predicted octanol–water partition coefficient (Wildman–Crippen LogP) is 3.27. The second-order valence-corrected chi connectivity index (χ2v) is 5.46. The number of aliphatic hydroxyl groups is 1. The van der Waals surface area contributed by atoms with Crippen LogP contribution >= 0.6 is 0 Å². The Morgan fingerprint density at radius 2 is 1.67 bits per heavy atom. The fourth-order valence-corrected chi connectivity index (χ4v) is 2.86. The van der Waals surface area contributed by atoms with E-state index in [0.717, 1.165) is 5.56 Å². The molecule has 3 rings (SSSR count). The van der Waals surface area contributed by atoms with Gasteiger partial charge in [-0.15, -0.1) is 0 Å². The minimum atomic E-state index is -0.822. The van der Waals surface area contributed by atoms with Crippen LogP contribution in [0.4, 0.5) is 0 Å². The van der Waals surface area contributed by atoms with E-state index >= 15 is 0 Å². The zero-order valence-corrected chi connectivity index (χ0v) is 12.0. The van der Waals surface area contributed by atoms with Crippen LogP contribution in [-0.2, 0) is 0 Å². The molecule has 2 aromatic carbocycles. The van der Waals surface area contributed by atoms with E-state index in [1.807, 2.05) is 30.3 Å². The molecule has 0 fully saturated rings. The van der Waals surface area contributed by atoms with E-state index in [-0.39, 0.29) is 17.6 Å². The van der Waals surface area contributed by atoms with Crippen LogP contribution in [0.5, 0.6) is 17.2 Å². The standard InChI is InChI=1S/C17H18O4/c1-9-15(19)10(2)17-14(16(9)20)12(18)8-13(21-17)11-6-4-3-5-7-11/h3-7,12-13,18-20H,8H2,1-2H3. The van der Waals surface area contributed by atoms with Gasteiger partial charge in [-0.05, 0) is 19.4 Å². The van der Waals surface area contributed by atoms with E-state index in [0.29, 0.717) is 28.9 Å². The second-order valence-electron chi connectivity index (χ2n) is 5.46. The van der Waals surface area contributed by atoms with Crippen LogP contribution in [0.15, 0.2) is 30.3 Å². The normalized spacial score (nSPS) is 20.7. The predicted molar refractivity (Wildman–Crippen MR) is 78.6 cm³/mol. The van der Waals surface area contributed by atoms with Crippen molar-refractivity contribution in [2.24, 2.45) is 0 Å². The van der Waals surface area contributed by atoms with Gasteiger partial charge in [0, 0.05) is 17.5 Å². The molecule has 0 radical (unpaired) electrons. The number of aromatic hydroxyl groups is 2. The summed E-state index contributed by atoms with van der Waals surface area (Å²) >= 11 is 0. The van der Waals surface area contributed by atoms with Crippen molar-refractivity contribution >= 4 is 0 Å². The van der Waals surface area contributed by atoms with Crippen LogP contribution in [-0.4, -0.2) is 15.3 Å². The third-order valence-electron chi connectivity index (χ3n) is 4.11. The summed E-state index contributed by atoms with van der Waals surface area (Å²) < 4.78 is 5.96. The zero-order valence-electron chi connectivity index (χ0n) is 12.0. The maximum Gasteiger partial charge on any atom is 0.136 e. The van der Waals surface area contributed by atoms with E-state index in [1.54, 1.807) is 13.8 Å². The highest BCUT2D eigenvalue weighted by Gasteiger charge is 2.34. The van der Waals surface area contributed by atoms with Gasteiger partial charge in [-0.1, -0.05) is 30.3 Å². The van der Waals surface area contributed by atoms with E-state index in [1.165, 1.54) is 0 Å². The Morgan fingerprint density at radius 3 is 2.33 bits per heavy atom. The summed E-state index contributed by atoms with van der Waals surface area (Å²) in [6, 6.07) is 9.62. The van der Waals surface area contributed by atoms with Crippen LogP contribution < -0.4 is 4.74 Å². The van der Waals surface area contributed by atoms with Crippen LogP contribution in [0.1, 0.15) is 40.9 Å². The molecule has 3 N–H and O–H groups in total. The van der Waals surface area contributed by atoms with Gasteiger partial charge in [0.05, 0.1) is 11.7 Å². The fourth-order valence-electron chi connectivity index (χ4n) is 2.86. The van der Waals surface area contributed by atoms with Crippen molar-refractivity contribution in [3.63, 3.8) is 0 Å². The smallest absolute Gasteiger partial charge is 0.136 e. The monoisotopic (exact) mass is 286 g/mol. The molecule has 0 amide bonds. The average molecular weight is 286 g/mol. The molecule has 0 saturated heterocycles. The molecule has 0 aromatic heterocycles. The highest BCUT2D eigenvalue weighted by Crippen LogP contribution is 2.50. The van der Waals surface area contributed by atoms with Gasteiger partial charge < -0.3 is 20.1 Å². The van der Waals surface area contributed by atoms with Crippen LogP contribution in [0, 0.1) is 13.8 Å². The Bertz CT molecular complexity index is 679. The minimum Gasteiger partial charge on any atom is -0.507 e. The molecule has 21 heavy (non-hydrogen) atoms. The second kappa shape index (κ2) is 4.97. The first-order valence-electron chi connectivity index (χ1n) is 6.95. The molecule has 110 valence electrons. The van der Waals surface area contributed by atoms with Gasteiger partial charge in [0.15, 0.2) is 0 Å². The van der Waals surface area contributed by atoms with Gasteiger partial charge in [0.25, 0.3) is 0 Å². The lowest BCUT2D eigenvalue weighted by Crippen LogP contribution is -2.20. The number of phenolic OH excluding ortho intramolecular Hbond substituents is 2. The quantitative estimate of drug-likeness (QED) is 0.752. The van der Waals surface area contributed by atoms with Crippen LogP contribution in [0.2, 0.25) is 0 Å². The minimum absolute atomic E-state index is 0.00663. The van der Waals surface area contributed by atoms with Gasteiger partial charge in [-0.2, -0.15) is 0 Å². The van der Waals surface area contributed by atoms with Crippen molar-refractivity contribution in [1.29, 1.82) is 0 Å². The molecule has 0 saturated carbocycles. The number of ether oxygens (including phenoxy) is 1. The molecule has 1 aliphatic rings. The topological polar surface area (TPSA) is 69.9 Å². The van der Waals surface area contributed by atoms with E-state index < -0.39 is 6.10 Å². The summed E-state index contributed by atoms with van der Waals surface area (Å²) in [4.78, 5) is 0. The average Bonchev–Trinajstić information content (AvgIpc) is 2.51. The molecule has 0 bridgehead atoms. The molecule has 2 atom stereocenters. The molecule has 0 aliphatic carbocycles. The Labute approximate surface area is 123 Å². The van der Waals surface area contributed by atoms with Gasteiger partial charge >= 0.3 is 0 Å². The molecular formula is C17H18O4. The van der Waals surface area contributed by atoms with Gasteiger partial charge in [-0.3, -0.25) is 0 Å². The van der Waals surface area contributed by atoms with Crippen molar-refractivity contribution in [2.75, 3.05) is 0 Å². The lowest BCUT2D eigenvalue weighted by molar-refractivity contribution is 0.0623. The van der Waals surface area contributed by atoms with Gasteiger partial charge in [-0.25, -0.2) is 0 Å². The number of hydrogen-bond donors (Lipinski definition) is 3. The Hall–Kier alpha value is -2.20. The van der Waals surface area contributed by atoms with Gasteiger partial charge in [0.2, 0.25) is 0 Å². The first-order valence-corrected chi connectivity index (χ1v) is 6.95. The third-order valence-corrected chi connectivity index (χ3v) is 4.11. The SMILES string of the molecule is Cc1c(O)c(C)c2c(c1O)C(O)CC(c1ccccc1)O2. The summed E-state index contributed by atoms with van der Waals surface area (Å²) in [5.74, 6) is 0.294. The maximum atomic E-state index is 10.4. The van der Waals surface area contributed by atoms with Gasteiger partial charge in [0.1, 0.15) is 23.4 Å². The maximum absolute atomic E-state index is 10.4. The fraction of sp³-hybridized carbons (Fsp3) is 0.294. The molecule has 2 unspecified atom stereocenters. The summed E-state index contributed by atoms with van der Waals surface area (Å²) in [7, 11) is 0. The molecule has 2 aromatic rings. The summed E-state index contributed by atoms with van der Waals surface area (Å²) in [6.45, 7) is 3.34. The van der Waals surface area contributed by atoms with E-state index in [2.05, 4.69) is 0 Å². The van der Waals surface area contributed by atoms with E-state index in [4.69, 9.17) is 4.74 Å². The lowest BCUT2D eigenvalue weighted by atomic mass is 9.90. The first-order chi connectivity index (χ1) is 10.0. The molecular weight excluding hydrogens is 268 g/mol. The number of phenols is 2. The molecule has 1 heterocycles. The highest BCUT2D eigenvalue weighted by molar-refractivity contribution is 5.62. The Balaban J connectivity index is 2.10. The van der Waals surface area contributed by atoms with Crippen LogP contribution in [0.3, 0.4) is 0 Å². The Kier molecular flexibility index (Phi) is 3.26. The molecule has 4 nitrogen and oxygen atoms in total. The molecule has 1 aliphatic heterocycles. The van der Waals surface area contributed by atoms with Crippen molar-refractivity contribution < 1.29 is 20.1 Å². The number of fused-ring (bicyclic) bond motifs is 1. The van der Waals surface area contributed by atoms with Crippen molar-refractivity contribution in [3.8, 4) is 17.2 Å². The summed E-state index contributed by atoms with van der Waals surface area (Å²) in [6.07, 6.45) is -0.750. The molecule has 4 heteroatoms. The van der Waals surface area contributed by atoms with Crippen LogP contribution in [0.25, 0.3) is 0 Å². The number of rotatable bonds is 1. The van der Waals surface area contributed by atoms with Crippen molar-refractivity contribution in [3.05, 3.63) is 52.6 Å².